The number of anilines is 1. The summed E-state index contributed by atoms with van der Waals surface area (Å²) in [6.45, 7) is 2.63. The number of likely N-dealkylation sites (tertiary alicyclic amines) is 1. The molecule has 1 N–H and O–H groups in total. The van der Waals surface area contributed by atoms with Crippen molar-refractivity contribution < 1.29 is 18.0 Å². The van der Waals surface area contributed by atoms with E-state index in [1.807, 2.05) is 6.92 Å². The van der Waals surface area contributed by atoms with E-state index in [9.17, 15) is 18.0 Å². The van der Waals surface area contributed by atoms with Gasteiger partial charge in [0.2, 0.25) is 0 Å². The van der Waals surface area contributed by atoms with E-state index in [-0.39, 0.29) is 29.9 Å². The Bertz CT molecular complexity index is 912. The van der Waals surface area contributed by atoms with Crippen molar-refractivity contribution in [2.45, 2.75) is 63.3 Å². The normalized spacial score (nSPS) is 24.3. The number of hydrogen-bond donors (Lipinski definition) is 1. The van der Waals surface area contributed by atoms with Gasteiger partial charge in [-0.1, -0.05) is 30.7 Å². The Kier molecular flexibility index (Phi) is 5.70. The number of carbonyl (C=O) groups is 1. The lowest BCUT2D eigenvalue weighted by molar-refractivity contribution is -0.173. The minimum atomic E-state index is -4.48. The minimum absolute atomic E-state index is 0.0591. The van der Waals surface area contributed by atoms with Crippen molar-refractivity contribution in [3.05, 3.63) is 46.6 Å². The van der Waals surface area contributed by atoms with Crippen LogP contribution in [0.25, 0.3) is 0 Å². The van der Waals surface area contributed by atoms with Gasteiger partial charge in [0, 0.05) is 30.1 Å². The second-order valence-electron chi connectivity index (χ2n) is 7.96. The quantitative estimate of drug-likeness (QED) is 0.675. The molecule has 1 aromatic carbocycles. The van der Waals surface area contributed by atoms with Crippen LogP contribution in [0.2, 0.25) is 5.02 Å². The molecular formula is C21H24ClF3N4O. The summed E-state index contributed by atoms with van der Waals surface area (Å²) >= 11 is 5.91. The Balaban J connectivity index is 1.66. The highest BCUT2D eigenvalue weighted by atomic mass is 35.5. The monoisotopic (exact) mass is 440 g/mol. The third-order valence-electron chi connectivity index (χ3n) is 6.04. The van der Waals surface area contributed by atoms with E-state index in [4.69, 9.17) is 11.6 Å². The zero-order valence-corrected chi connectivity index (χ0v) is 17.4. The van der Waals surface area contributed by atoms with Crippen LogP contribution < -0.4 is 5.32 Å². The number of hydrogen-bond acceptors (Lipinski definition) is 3. The number of alkyl halides is 3. The third-order valence-corrected chi connectivity index (χ3v) is 6.29. The fourth-order valence-corrected chi connectivity index (χ4v) is 4.56. The van der Waals surface area contributed by atoms with Gasteiger partial charge in [0.25, 0.3) is 5.91 Å². The first-order valence-corrected chi connectivity index (χ1v) is 10.6. The third kappa shape index (κ3) is 4.02. The summed E-state index contributed by atoms with van der Waals surface area (Å²) in [5.41, 5.74) is 0.764. The van der Waals surface area contributed by atoms with Crippen LogP contribution in [0.15, 0.2) is 30.3 Å². The molecule has 5 nitrogen and oxygen atoms in total. The number of nitrogens with zero attached hydrogens (tertiary/aromatic N) is 3. The minimum Gasteiger partial charge on any atom is -0.363 e. The fourth-order valence-electron chi connectivity index (χ4n) is 4.43. The molecule has 2 aliphatic heterocycles. The number of piperidine rings is 1. The van der Waals surface area contributed by atoms with Crippen molar-refractivity contribution >= 4 is 23.3 Å². The van der Waals surface area contributed by atoms with Gasteiger partial charge in [-0.05, 0) is 43.4 Å². The highest BCUT2D eigenvalue weighted by molar-refractivity contribution is 6.30. The van der Waals surface area contributed by atoms with Gasteiger partial charge in [-0.25, -0.2) is 4.68 Å². The van der Waals surface area contributed by atoms with Crippen molar-refractivity contribution in [2.75, 3.05) is 11.9 Å². The van der Waals surface area contributed by atoms with Gasteiger partial charge >= 0.3 is 6.18 Å². The van der Waals surface area contributed by atoms with E-state index >= 15 is 0 Å². The Hall–Kier alpha value is -2.22. The molecular weight excluding hydrogens is 417 g/mol. The maximum atomic E-state index is 13.8. The number of fused-ring (bicyclic) bond motifs is 1. The summed E-state index contributed by atoms with van der Waals surface area (Å²) in [6.07, 6.45) is -1.00. The van der Waals surface area contributed by atoms with E-state index in [0.717, 1.165) is 30.4 Å². The highest BCUT2D eigenvalue weighted by Gasteiger charge is 2.47. The molecule has 0 aliphatic carbocycles. The van der Waals surface area contributed by atoms with Gasteiger partial charge in [-0.2, -0.15) is 18.3 Å². The second kappa shape index (κ2) is 8.13. The molecule has 9 heteroatoms. The molecule has 1 aromatic heterocycles. The van der Waals surface area contributed by atoms with Crippen LogP contribution in [0.5, 0.6) is 0 Å². The Morgan fingerprint density at radius 3 is 2.67 bits per heavy atom. The first kappa shape index (κ1) is 21.0. The molecule has 3 heterocycles. The van der Waals surface area contributed by atoms with Crippen molar-refractivity contribution in [1.29, 1.82) is 0 Å². The molecule has 4 rings (SSSR count). The number of nitrogens with one attached hydrogen (secondary N) is 1. The molecule has 0 radical (unpaired) electrons. The van der Waals surface area contributed by atoms with Gasteiger partial charge in [-0.3, -0.25) is 4.79 Å². The van der Waals surface area contributed by atoms with E-state index in [1.54, 1.807) is 29.2 Å². The standard InChI is InChI=1S/C21H24ClF3N4O/c1-2-15-5-3-4-10-28(15)20(30)17-12-19-26-16(13-6-8-14(22)9-7-13)11-18(21(23,24)25)29(19)27-17/h6-9,12,15-16,18,26H,2-5,10-11H2,1H3. The van der Waals surface area contributed by atoms with Gasteiger partial charge in [0.05, 0.1) is 6.04 Å². The Morgan fingerprint density at radius 1 is 1.27 bits per heavy atom. The largest absolute Gasteiger partial charge is 0.410 e. The second-order valence-corrected chi connectivity index (χ2v) is 8.39. The summed E-state index contributed by atoms with van der Waals surface area (Å²) in [7, 11) is 0. The van der Waals surface area contributed by atoms with Crippen molar-refractivity contribution in [1.82, 2.24) is 14.7 Å². The summed E-state index contributed by atoms with van der Waals surface area (Å²) in [4.78, 5) is 14.8. The summed E-state index contributed by atoms with van der Waals surface area (Å²) in [6, 6.07) is 5.93. The molecule has 1 amide bonds. The summed E-state index contributed by atoms with van der Waals surface area (Å²) < 4.78 is 42.5. The number of aromatic nitrogens is 2. The molecule has 3 unspecified atom stereocenters. The summed E-state index contributed by atoms with van der Waals surface area (Å²) in [5.74, 6) is -0.0915. The van der Waals surface area contributed by atoms with Crippen LogP contribution in [-0.4, -0.2) is 39.4 Å². The Morgan fingerprint density at radius 2 is 2.00 bits per heavy atom. The van der Waals surface area contributed by atoms with E-state index in [2.05, 4.69) is 10.4 Å². The smallest absolute Gasteiger partial charge is 0.363 e. The summed E-state index contributed by atoms with van der Waals surface area (Å²) in [5, 5.41) is 7.75. The SMILES string of the molecule is CCC1CCCCN1C(=O)c1cc2n(n1)C(C(F)(F)F)CC(c1ccc(Cl)cc1)N2. The zero-order chi connectivity index (χ0) is 21.5. The molecule has 3 atom stereocenters. The van der Waals surface area contributed by atoms with Crippen LogP contribution in [0.1, 0.15) is 67.2 Å². The first-order chi connectivity index (χ1) is 14.3. The van der Waals surface area contributed by atoms with Crippen LogP contribution in [-0.2, 0) is 0 Å². The van der Waals surface area contributed by atoms with Gasteiger partial charge in [-0.15, -0.1) is 0 Å². The molecule has 0 saturated carbocycles. The van der Waals surface area contributed by atoms with Crippen molar-refractivity contribution in [3.8, 4) is 0 Å². The van der Waals surface area contributed by atoms with Crippen molar-refractivity contribution in [2.24, 2.45) is 0 Å². The first-order valence-electron chi connectivity index (χ1n) is 10.3. The lowest BCUT2D eigenvalue weighted by Crippen LogP contribution is -2.43. The molecule has 30 heavy (non-hydrogen) atoms. The predicted octanol–water partition coefficient (Wildman–Crippen LogP) is 5.60. The number of amides is 1. The van der Waals surface area contributed by atoms with E-state index in [1.165, 1.54) is 6.07 Å². The molecule has 1 saturated heterocycles. The molecule has 2 aliphatic rings. The van der Waals surface area contributed by atoms with E-state index < -0.39 is 18.3 Å². The maximum Gasteiger partial charge on any atom is 0.410 e. The van der Waals surface area contributed by atoms with Crippen molar-refractivity contribution in [3.63, 3.8) is 0 Å². The number of halogens is 4. The molecule has 0 spiro atoms. The molecule has 162 valence electrons. The number of carbonyl (C=O) groups excluding carboxylic acids is 1. The maximum absolute atomic E-state index is 13.8. The molecule has 2 aromatic rings. The van der Waals surface area contributed by atoms with Gasteiger partial charge in [0.15, 0.2) is 11.7 Å². The van der Waals surface area contributed by atoms with E-state index in [0.29, 0.717) is 17.1 Å². The topological polar surface area (TPSA) is 50.2 Å². The molecule has 1 fully saturated rings. The van der Waals surface area contributed by atoms with Gasteiger partial charge in [0.1, 0.15) is 5.82 Å². The average Bonchev–Trinajstić information content (AvgIpc) is 3.16. The lowest BCUT2D eigenvalue weighted by atomic mass is 9.97. The fraction of sp³-hybridized carbons (Fsp3) is 0.524. The lowest BCUT2D eigenvalue weighted by Gasteiger charge is -2.34. The zero-order valence-electron chi connectivity index (χ0n) is 16.6. The highest BCUT2D eigenvalue weighted by Crippen LogP contribution is 2.43. The van der Waals surface area contributed by atoms with Crippen LogP contribution in [0, 0.1) is 0 Å². The van der Waals surface area contributed by atoms with Crippen LogP contribution in [0.4, 0.5) is 19.0 Å². The van der Waals surface area contributed by atoms with Gasteiger partial charge < -0.3 is 10.2 Å². The van der Waals surface area contributed by atoms with Crippen LogP contribution >= 0.6 is 11.6 Å². The molecule has 0 bridgehead atoms. The number of rotatable bonds is 3. The number of benzene rings is 1. The average molecular weight is 441 g/mol. The predicted molar refractivity (Wildman–Crippen MR) is 109 cm³/mol. The Labute approximate surface area is 178 Å². The van der Waals surface area contributed by atoms with Crippen LogP contribution in [0.3, 0.4) is 0 Å².